The lowest BCUT2D eigenvalue weighted by Crippen LogP contribution is -2.51. The zero-order valence-corrected chi connectivity index (χ0v) is 13.0. The Morgan fingerprint density at radius 2 is 2.05 bits per heavy atom. The van der Waals surface area contributed by atoms with E-state index in [0.717, 1.165) is 24.8 Å². The van der Waals surface area contributed by atoms with Gasteiger partial charge < -0.3 is 5.73 Å². The molecule has 2 unspecified atom stereocenters. The largest absolute Gasteiger partial charge is 0.326 e. The fraction of sp³-hybridized carbons (Fsp3) is 0.533. The van der Waals surface area contributed by atoms with Gasteiger partial charge in [-0.25, -0.2) is 8.42 Å². The zero-order valence-electron chi connectivity index (χ0n) is 12.2. The molecule has 1 aliphatic heterocycles. The number of hydrogen-bond acceptors (Lipinski definition) is 4. The smallest absolute Gasteiger partial charge is 0.243 e. The summed E-state index contributed by atoms with van der Waals surface area (Å²) in [4.78, 5) is 0.275. The first-order valence-electron chi connectivity index (χ1n) is 7.20. The van der Waals surface area contributed by atoms with E-state index in [2.05, 4.69) is 6.07 Å². The number of benzene rings is 1. The first kappa shape index (κ1) is 16.0. The lowest BCUT2D eigenvalue weighted by atomic mass is 10.00. The molecule has 1 aliphatic rings. The Hall–Kier alpha value is -1.42. The fourth-order valence-corrected chi connectivity index (χ4v) is 4.53. The second-order valence-corrected chi connectivity index (χ2v) is 7.41. The summed E-state index contributed by atoms with van der Waals surface area (Å²) < 4.78 is 27.1. The third-order valence-corrected chi connectivity index (χ3v) is 5.86. The van der Waals surface area contributed by atoms with Gasteiger partial charge >= 0.3 is 0 Å². The molecule has 1 aromatic rings. The number of nitriles is 1. The van der Waals surface area contributed by atoms with Gasteiger partial charge in [-0.3, -0.25) is 0 Å². The van der Waals surface area contributed by atoms with Crippen LogP contribution >= 0.6 is 0 Å². The molecule has 0 radical (unpaired) electrons. The van der Waals surface area contributed by atoms with Crippen molar-refractivity contribution in [2.24, 2.45) is 5.73 Å². The minimum absolute atomic E-state index is 0.137. The van der Waals surface area contributed by atoms with Gasteiger partial charge in [0.15, 0.2) is 0 Å². The number of hydrogen-bond donors (Lipinski definition) is 1. The maximum atomic E-state index is 12.8. The number of nitrogens with zero attached hydrogens (tertiary/aromatic N) is 2. The molecule has 114 valence electrons. The molecule has 2 rings (SSSR count). The van der Waals surface area contributed by atoms with Crippen LogP contribution < -0.4 is 5.73 Å². The van der Waals surface area contributed by atoms with Gasteiger partial charge in [0, 0.05) is 18.6 Å². The van der Waals surface area contributed by atoms with Crippen molar-refractivity contribution in [3.8, 4) is 6.07 Å². The van der Waals surface area contributed by atoms with Crippen LogP contribution in [0.25, 0.3) is 0 Å². The van der Waals surface area contributed by atoms with Crippen LogP contribution in [0.1, 0.15) is 31.7 Å². The van der Waals surface area contributed by atoms with E-state index in [1.165, 1.54) is 0 Å². The molecule has 2 N–H and O–H groups in total. The first-order valence-corrected chi connectivity index (χ1v) is 8.64. The molecule has 1 fully saturated rings. The van der Waals surface area contributed by atoms with Crippen LogP contribution in [0.4, 0.5) is 0 Å². The molecule has 1 aromatic carbocycles. The molecule has 6 heteroatoms. The Bertz CT molecular complexity index is 617. The summed E-state index contributed by atoms with van der Waals surface area (Å²) in [5, 5.41) is 8.66. The van der Waals surface area contributed by atoms with Crippen molar-refractivity contribution in [1.82, 2.24) is 4.31 Å². The number of piperidine rings is 1. The van der Waals surface area contributed by atoms with Crippen LogP contribution in [0.3, 0.4) is 0 Å². The summed E-state index contributed by atoms with van der Waals surface area (Å²) in [5.41, 5.74) is 6.77. The minimum Gasteiger partial charge on any atom is -0.326 e. The van der Waals surface area contributed by atoms with E-state index < -0.39 is 10.0 Å². The molecule has 0 amide bonds. The van der Waals surface area contributed by atoms with Crippen molar-refractivity contribution >= 4 is 10.0 Å². The second-order valence-electron chi connectivity index (χ2n) is 5.52. The Balaban J connectivity index is 2.29. The van der Waals surface area contributed by atoms with Gasteiger partial charge in [0.1, 0.15) is 0 Å². The van der Waals surface area contributed by atoms with Crippen molar-refractivity contribution in [2.45, 2.75) is 49.6 Å². The third kappa shape index (κ3) is 3.43. The Kier molecular flexibility index (Phi) is 4.99. The highest BCUT2D eigenvalue weighted by atomic mass is 32.2. The quantitative estimate of drug-likeness (QED) is 0.916. The monoisotopic (exact) mass is 307 g/mol. The van der Waals surface area contributed by atoms with Crippen LogP contribution in [0.2, 0.25) is 0 Å². The van der Waals surface area contributed by atoms with Crippen LogP contribution in [-0.4, -0.2) is 31.4 Å². The van der Waals surface area contributed by atoms with Crippen LogP contribution in [0, 0.1) is 11.3 Å². The van der Waals surface area contributed by atoms with Gasteiger partial charge in [-0.05, 0) is 37.5 Å². The molecule has 0 spiro atoms. The predicted octanol–water partition coefficient (Wildman–Crippen LogP) is 1.64. The molecule has 5 nitrogen and oxygen atoms in total. The molecule has 21 heavy (non-hydrogen) atoms. The summed E-state index contributed by atoms with van der Waals surface area (Å²) in [6.45, 7) is 2.38. The summed E-state index contributed by atoms with van der Waals surface area (Å²) in [5.74, 6) is 0. The molecule has 0 bridgehead atoms. The van der Waals surface area contributed by atoms with E-state index in [4.69, 9.17) is 11.0 Å². The highest BCUT2D eigenvalue weighted by molar-refractivity contribution is 7.89. The van der Waals surface area contributed by atoms with Crippen molar-refractivity contribution < 1.29 is 8.42 Å². The fourth-order valence-electron chi connectivity index (χ4n) is 2.76. The Morgan fingerprint density at radius 3 is 2.62 bits per heavy atom. The molecule has 0 saturated carbocycles. The highest BCUT2D eigenvalue weighted by Crippen LogP contribution is 2.26. The van der Waals surface area contributed by atoms with E-state index in [-0.39, 0.29) is 23.4 Å². The SMILES string of the molecule is CC(N)C1CCCCN1S(=O)(=O)c1ccc(CC#N)cc1. The van der Waals surface area contributed by atoms with E-state index in [0.29, 0.717) is 6.54 Å². The van der Waals surface area contributed by atoms with Crippen molar-refractivity contribution in [2.75, 3.05) is 6.54 Å². The van der Waals surface area contributed by atoms with Gasteiger partial charge in [0.25, 0.3) is 0 Å². The lowest BCUT2D eigenvalue weighted by molar-refractivity contribution is 0.227. The van der Waals surface area contributed by atoms with E-state index >= 15 is 0 Å². The van der Waals surface area contributed by atoms with Gasteiger partial charge in [-0.2, -0.15) is 9.57 Å². The average molecular weight is 307 g/mol. The van der Waals surface area contributed by atoms with Crippen molar-refractivity contribution in [3.05, 3.63) is 29.8 Å². The van der Waals surface area contributed by atoms with E-state index in [9.17, 15) is 8.42 Å². The Morgan fingerprint density at radius 1 is 1.38 bits per heavy atom. The molecular formula is C15H21N3O2S. The average Bonchev–Trinajstić information content (AvgIpc) is 2.48. The standard InChI is InChI=1S/C15H21N3O2S/c1-12(17)15-4-2-3-11-18(15)21(19,20)14-7-5-13(6-8-14)9-10-16/h5-8,12,15H,2-4,9,11,17H2,1H3. The summed E-state index contributed by atoms with van der Waals surface area (Å²) in [6, 6.07) is 8.28. The highest BCUT2D eigenvalue weighted by Gasteiger charge is 2.35. The topological polar surface area (TPSA) is 87.2 Å². The van der Waals surface area contributed by atoms with Gasteiger partial charge in [-0.15, -0.1) is 0 Å². The maximum Gasteiger partial charge on any atom is 0.243 e. The molecule has 1 heterocycles. The molecule has 0 aromatic heterocycles. The number of sulfonamides is 1. The van der Waals surface area contributed by atoms with Gasteiger partial charge in [-0.1, -0.05) is 18.6 Å². The Labute approximate surface area is 126 Å². The zero-order chi connectivity index (χ0) is 15.5. The normalized spacial score (nSPS) is 21.7. The number of nitrogens with two attached hydrogens (primary N) is 1. The summed E-state index contributed by atoms with van der Waals surface area (Å²) >= 11 is 0. The van der Waals surface area contributed by atoms with Gasteiger partial charge in [0.05, 0.1) is 17.4 Å². The maximum absolute atomic E-state index is 12.8. The lowest BCUT2D eigenvalue weighted by Gasteiger charge is -2.36. The van der Waals surface area contributed by atoms with Crippen LogP contribution in [0.5, 0.6) is 0 Å². The van der Waals surface area contributed by atoms with Crippen LogP contribution in [-0.2, 0) is 16.4 Å². The van der Waals surface area contributed by atoms with Crippen LogP contribution in [0.15, 0.2) is 29.2 Å². The number of rotatable bonds is 4. The second kappa shape index (κ2) is 6.56. The van der Waals surface area contributed by atoms with E-state index in [1.54, 1.807) is 28.6 Å². The first-order chi connectivity index (χ1) is 9.96. The third-order valence-electron chi connectivity index (χ3n) is 3.92. The summed E-state index contributed by atoms with van der Waals surface area (Å²) in [7, 11) is -3.52. The van der Waals surface area contributed by atoms with Crippen molar-refractivity contribution in [3.63, 3.8) is 0 Å². The van der Waals surface area contributed by atoms with Gasteiger partial charge in [0.2, 0.25) is 10.0 Å². The molecule has 1 saturated heterocycles. The van der Waals surface area contributed by atoms with E-state index in [1.807, 2.05) is 6.92 Å². The minimum atomic E-state index is -3.52. The molecule has 0 aliphatic carbocycles. The molecular weight excluding hydrogens is 286 g/mol. The molecule has 2 atom stereocenters. The summed E-state index contributed by atoms with van der Waals surface area (Å²) in [6.07, 6.45) is 2.98. The predicted molar refractivity (Wildman–Crippen MR) is 80.9 cm³/mol. The van der Waals surface area contributed by atoms with Crippen molar-refractivity contribution in [1.29, 1.82) is 5.26 Å².